The summed E-state index contributed by atoms with van der Waals surface area (Å²) in [5.41, 5.74) is 5.87. The Kier molecular flexibility index (Phi) is 4.17. The Morgan fingerprint density at radius 3 is 2.32 bits per heavy atom. The van der Waals surface area contributed by atoms with E-state index in [1.807, 2.05) is 0 Å². The van der Waals surface area contributed by atoms with E-state index < -0.39 is 10.1 Å². The van der Waals surface area contributed by atoms with Crippen molar-refractivity contribution in [2.45, 2.75) is 4.90 Å². The monoisotopic (exact) mass is 405 g/mol. The minimum atomic E-state index is -3.97. The van der Waals surface area contributed by atoms with Gasteiger partial charge in [-0.25, -0.2) is 0 Å². The van der Waals surface area contributed by atoms with Gasteiger partial charge >= 0.3 is 10.1 Å². The number of rotatable bonds is 3. The molecule has 4 nitrogen and oxygen atoms in total. The number of anilines is 1. The van der Waals surface area contributed by atoms with Gasteiger partial charge in [0, 0.05) is 8.95 Å². The fourth-order valence-corrected chi connectivity index (χ4v) is 4.03. The molecule has 0 bridgehead atoms. The molecule has 7 heteroatoms. The Bertz CT molecular complexity index is 702. The van der Waals surface area contributed by atoms with Gasteiger partial charge in [0.1, 0.15) is 10.6 Å². The van der Waals surface area contributed by atoms with Crippen LogP contribution in [0.1, 0.15) is 0 Å². The zero-order valence-corrected chi connectivity index (χ0v) is 13.5. The predicted octanol–water partition coefficient (Wildman–Crippen LogP) is 3.56. The van der Waals surface area contributed by atoms with Crippen LogP contribution in [0, 0.1) is 0 Å². The smallest absolute Gasteiger partial charge is 0.341 e. The van der Waals surface area contributed by atoms with Crippen LogP contribution in [0.4, 0.5) is 5.69 Å². The third-order valence-corrected chi connectivity index (χ3v) is 4.68. The molecule has 0 fully saturated rings. The first kappa shape index (κ1) is 14.4. The summed E-state index contributed by atoms with van der Waals surface area (Å²) >= 11 is 6.42. The highest BCUT2D eigenvalue weighted by atomic mass is 79.9. The molecule has 0 aliphatic rings. The molecule has 0 saturated heterocycles. The van der Waals surface area contributed by atoms with Crippen LogP contribution in [0.2, 0.25) is 0 Å². The Hall–Kier alpha value is -1.05. The number of nitrogen functional groups attached to an aromatic ring is 1. The first-order chi connectivity index (χ1) is 8.90. The van der Waals surface area contributed by atoms with Gasteiger partial charge in [-0.2, -0.15) is 8.42 Å². The summed E-state index contributed by atoms with van der Waals surface area (Å²) in [5.74, 6) is 0.234. The van der Waals surface area contributed by atoms with E-state index in [-0.39, 0.29) is 16.3 Å². The predicted molar refractivity (Wildman–Crippen MR) is 80.5 cm³/mol. The lowest BCUT2D eigenvalue weighted by Crippen LogP contribution is -2.12. The van der Waals surface area contributed by atoms with Crippen LogP contribution in [-0.4, -0.2) is 8.42 Å². The first-order valence-electron chi connectivity index (χ1n) is 5.14. The van der Waals surface area contributed by atoms with Crippen LogP contribution in [-0.2, 0) is 10.1 Å². The third-order valence-electron chi connectivity index (χ3n) is 2.27. The highest BCUT2D eigenvalue weighted by Crippen LogP contribution is 2.32. The van der Waals surface area contributed by atoms with Gasteiger partial charge in [0.2, 0.25) is 0 Å². The zero-order chi connectivity index (χ0) is 14.0. The van der Waals surface area contributed by atoms with Crippen LogP contribution < -0.4 is 9.92 Å². The van der Waals surface area contributed by atoms with E-state index in [0.717, 1.165) is 0 Å². The van der Waals surface area contributed by atoms with Crippen molar-refractivity contribution in [2.75, 3.05) is 5.73 Å². The molecule has 0 spiro atoms. The minimum Gasteiger partial charge on any atom is -0.397 e. The van der Waals surface area contributed by atoms with E-state index in [1.165, 1.54) is 6.07 Å². The maximum absolute atomic E-state index is 12.2. The second-order valence-corrected chi connectivity index (χ2v) is 6.93. The molecular weight excluding hydrogens is 398 g/mol. The molecule has 0 aromatic heterocycles. The second kappa shape index (κ2) is 5.52. The Balaban J connectivity index is 2.46. The molecule has 0 saturated carbocycles. The van der Waals surface area contributed by atoms with E-state index in [9.17, 15) is 8.42 Å². The second-order valence-electron chi connectivity index (χ2n) is 3.65. The number of hydrogen-bond donors (Lipinski definition) is 1. The lowest BCUT2D eigenvalue weighted by Gasteiger charge is -2.10. The molecule has 0 heterocycles. The maximum atomic E-state index is 12.2. The number of para-hydroxylation sites is 1. The molecule has 19 heavy (non-hydrogen) atoms. The van der Waals surface area contributed by atoms with Crippen LogP contribution in [0.25, 0.3) is 0 Å². The van der Waals surface area contributed by atoms with Crippen molar-refractivity contribution >= 4 is 47.7 Å². The van der Waals surface area contributed by atoms with Crippen LogP contribution >= 0.6 is 31.9 Å². The lowest BCUT2D eigenvalue weighted by molar-refractivity contribution is 0.486. The summed E-state index contributed by atoms with van der Waals surface area (Å²) in [4.78, 5) is -0.0856. The molecule has 0 radical (unpaired) electrons. The highest BCUT2D eigenvalue weighted by molar-refractivity contribution is 9.11. The number of benzene rings is 2. The van der Waals surface area contributed by atoms with Gasteiger partial charge in [0.25, 0.3) is 0 Å². The zero-order valence-electron chi connectivity index (χ0n) is 9.51. The van der Waals surface area contributed by atoms with Crippen molar-refractivity contribution in [3.8, 4) is 5.75 Å². The quantitative estimate of drug-likeness (QED) is 0.624. The molecule has 0 atom stereocenters. The average Bonchev–Trinajstić information content (AvgIpc) is 2.34. The Morgan fingerprint density at radius 2 is 1.68 bits per heavy atom. The topological polar surface area (TPSA) is 69.4 Å². The first-order valence-corrected chi connectivity index (χ1v) is 8.13. The van der Waals surface area contributed by atoms with Crippen molar-refractivity contribution in [3.63, 3.8) is 0 Å². The van der Waals surface area contributed by atoms with Crippen LogP contribution in [0.5, 0.6) is 5.75 Å². The largest absolute Gasteiger partial charge is 0.397 e. The molecule has 0 unspecified atom stereocenters. The molecule has 2 aromatic rings. The van der Waals surface area contributed by atoms with Crippen molar-refractivity contribution < 1.29 is 12.6 Å². The van der Waals surface area contributed by atoms with E-state index >= 15 is 0 Å². The third kappa shape index (κ3) is 3.29. The van der Waals surface area contributed by atoms with E-state index in [1.54, 1.807) is 36.4 Å². The highest BCUT2D eigenvalue weighted by Gasteiger charge is 2.22. The maximum Gasteiger partial charge on any atom is 0.341 e. The molecular formula is C12H9Br2NO3S. The van der Waals surface area contributed by atoms with E-state index in [4.69, 9.17) is 9.92 Å². The molecule has 0 amide bonds. The van der Waals surface area contributed by atoms with Crippen molar-refractivity contribution in [1.29, 1.82) is 0 Å². The van der Waals surface area contributed by atoms with Crippen LogP contribution in [0.15, 0.2) is 56.3 Å². The average molecular weight is 407 g/mol. The standard InChI is InChI=1S/C12H9Br2NO3S/c13-8-6-10(14)12(15)11(7-8)19(16,17)18-9-4-2-1-3-5-9/h1-7H,15H2. The van der Waals surface area contributed by atoms with Gasteiger partial charge in [-0.05, 0) is 40.2 Å². The molecule has 100 valence electrons. The summed E-state index contributed by atoms with van der Waals surface area (Å²) in [7, 11) is -3.97. The SMILES string of the molecule is Nc1c(Br)cc(Br)cc1S(=O)(=O)Oc1ccccc1. The summed E-state index contributed by atoms with van der Waals surface area (Å²) in [6, 6.07) is 11.3. The van der Waals surface area contributed by atoms with Crippen molar-refractivity contribution in [1.82, 2.24) is 0 Å². The molecule has 2 N–H and O–H groups in total. The Morgan fingerprint density at radius 1 is 1.05 bits per heavy atom. The molecule has 0 aliphatic heterocycles. The lowest BCUT2D eigenvalue weighted by atomic mass is 10.3. The fraction of sp³-hybridized carbons (Fsp3) is 0. The van der Waals surface area contributed by atoms with Gasteiger partial charge in [-0.3, -0.25) is 0 Å². The van der Waals surface area contributed by atoms with Gasteiger partial charge < -0.3 is 9.92 Å². The molecule has 2 rings (SSSR count). The number of nitrogens with two attached hydrogens (primary N) is 1. The summed E-state index contributed by atoms with van der Waals surface area (Å²) < 4.78 is 30.5. The summed E-state index contributed by atoms with van der Waals surface area (Å²) in [6.07, 6.45) is 0. The number of halogens is 2. The summed E-state index contributed by atoms with van der Waals surface area (Å²) in [5, 5.41) is 0. The van der Waals surface area contributed by atoms with Crippen LogP contribution in [0.3, 0.4) is 0 Å². The number of hydrogen-bond acceptors (Lipinski definition) is 4. The van der Waals surface area contributed by atoms with Gasteiger partial charge in [0.05, 0.1) is 5.69 Å². The van der Waals surface area contributed by atoms with Gasteiger partial charge in [0.15, 0.2) is 0 Å². The van der Waals surface area contributed by atoms with Gasteiger partial charge in [-0.1, -0.05) is 34.1 Å². The fourth-order valence-electron chi connectivity index (χ4n) is 1.42. The summed E-state index contributed by atoms with van der Waals surface area (Å²) in [6.45, 7) is 0. The molecule has 0 aliphatic carbocycles. The van der Waals surface area contributed by atoms with E-state index in [0.29, 0.717) is 8.95 Å². The molecule has 2 aromatic carbocycles. The van der Waals surface area contributed by atoms with Crippen molar-refractivity contribution in [2.24, 2.45) is 0 Å². The normalized spacial score (nSPS) is 11.3. The Labute approximate surface area is 128 Å². The van der Waals surface area contributed by atoms with Crippen molar-refractivity contribution in [3.05, 3.63) is 51.4 Å². The minimum absolute atomic E-state index is 0.0856. The van der Waals surface area contributed by atoms with E-state index in [2.05, 4.69) is 31.9 Å². The van der Waals surface area contributed by atoms with Gasteiger partial charge in [-0.15, -0.1) is 0 Å².